The van der Waals surface area contributed by atoms with Crippen LogP contribution in [0, 0.1) is 5.92 Å². The van der Waals surface area contributed by atoms with E-state index >= 15 is 0 Å². The van der Waals surface area contributed by atoms with Gasteiger partial charge in [-0.3, -0.25) is 9.59 Å². The molecule has 1 atom stereocenters. The molecule has 1 saturated heterocycles. The highest BCUT2D eigenvalue weighted by Gasteiger charge is 2.48. The first-order chi connectivity index (χ1) is 16.4. The van der Waals surface area contributed by atoms with E-state index in [1.54, 1.807) is 23.1 Å². The number of ketones is 1. The van der Waals surface area contributed by atoms with Gasteiger partial charge in [-0.1, -0.05) is 76.4 Å². The Balaban J connectivity index is 1.79. The SMILES string of the molecule is CCc1ccc(C2/C(=C(/O)c3cccc(OCC(C)C)c3)C(=O)C(=O)N2C2CCCCC2)cc1. The zero-order valence-electron chi connectivity index (χ0n) is 20.4. The highest BCUT2D eigenvalue weighted by atomic mass is 16.5. The van der Waals surface area contributed by atoms with Gasteiger partial charge < -0.3 is 14.7 Å². The van der Waals surface area contributed by atoms with E-state index in [1.165, 1.54) is 5.56 Å². The van der Waals surface area contributed by atoms with Crippen molar-refractivity contribution < 1.29 is 19.4 Å². The minimum atomic E-state index is -0.610. The summed E-state index contributed by atoms with van der Waals surface area (Å²) < 4.78 is 5.83. The van der Waals surface area contributed by atoms with Crippen LogP contribution in [0.3, 0.4) is 0 Å². The second-order valence-corrected chi connectivity index (χ2v) is 9.83. The first-order valence-corrected chi connectivity index (χ1v) is 12.5. The third kappa shape index (κ3) is 4.89. The molecular weight excluding hydrogens is 426 g/mol. The van der Waals surface area contributed by atoms with E-state index in [-0.39, 0.29) is 17.4 Å². The van der Waals surface area contributed by atoms with Crippen LogP contribution in [-0.2, 0) is 16.0 Å². The molecule has 2 fully saturated rings. The average Bonchev–Trinajstić information content (AvgIpc) is 3.13. The Labute approximate surface area is 202 Å². The minimum Gasteiger partial charge on any atom is -0.507 e. The lowest BCUT2D eigenvalue weighted by Crippen LogP contribution is -2.40. The van der Waals surface area contributed by atoms with Gasteiger partial charge in [-0.2, -0.15) is 0 Å². The molecule has 2 aromatic carbocycles. The summed E-state index contributed by atoms with van der Waals surface area (Å²) in [6.45, 7) is 6.79. The number of hydrogen-bond acceptors (Lipinski definition) is 4. The molecule has 180 valence electrons. The molecule has 0 spiro atoms. The van der Waals surface area contributed by atoms with Crippen molar-refractivity contribution in [2.45, 2.75) is 71.4 Å². The fraction of sp³-hybridized carbons (Fsp3) is 0.448. The largest absolute Gasteiger partial charge is 0.507 e. The third-order valence-electron chi connectivity index (χ3n) is 6.84. The van der Waals surface area contributed by atoms with E-state index in [4.69, 9.17) is 4.74 Å². The molecule has 5 heteroatoms. The summed E-state index contributed by atoms with van der Waals surface area (Å²) in [5.74, 6) is -0.269. The summed E-state index contributed by atoms with van der Waals surface area (Å²) in [5.41, 5.74) is 2.70. The maximum absolute atomic E-state index is 13.3. The van der Waals surface area contributed by atoms with E-state index in [0.717, 1.165) is 44.1 Å². The summed E-state index contributed by atoms with van der Waals surface area (Å²) in [6.07, 6.45) is 5.92. The van der Waals surface area contributed by atoms with Gasteiger partial charge in [0.25, 0.3) is 11.7 Å². The van der Waals surface area contributed by atoms with Crippen molar-refractivity contribution in [3.63, 3.8) is 0 Å². The molecule has 1 aliphatic carbocycles. The quantitative estimate of drug-likeness (QED) is 0.310. The number of benzene rings is 2. The number of hydrogen-bond donors (Lipinski definition) is 1. The van der Waals surface area contributed by atoms with E-state index < -0.39 is 17.7 Å². The minimum absolute atomic E-state index is 0.00654. The number of aryl methyl sites for hydroxylation is 1. The third-order valence-corrected chi connectivity index (χ3v) is 6.84. The number of Topliss-reactive ketones (excluding diaryl/α,β-unsaturated/α-hetero) is 1. The first-order valence-electron chi connectivity index (χ1n) is 12.5. The second-order valence-electron chi connectivity index (χ2n) is 9.83. The molecule has 2 aliphatic rings. The topological polar surface area (TPSA) is 66.8 Å². The monoisotopic (exact) mass is 461 g/mol. The van der Waals surface area contributed by atoms with Crippen LogP contribution in [0.2, 0.25) is 0 Å². The van der Waals surface area contributed by atoms with Crippen molar-refractivity contribution in [1.82, 2.24) is 4.90 Å². The average molecular weight is 462 g/mol. The Morgan fingerprint density at radius 2 is 1.76 bits per heavy atom. The lowest BCUT2D eigenvalue weighted by atomic mass is 9.90. The molecule has 0 aromatic heterocycles. The number of nitrogens with zero attached hydrogens (tertiary/aromatic N) is 1. The summed E-state index contributed by atoms with van der Waals surface area (Å²) >= 11 is 0. The van der Waals surface area contributed by atoms with Crippen molar-refractivity contribution in [3.05, 3.63) is 70.8 Å². The lowest BCUT2D eigenvalue weighted by Gasteiger charge is -2.35. The van der Waals surface area contributed by atoms with Gasteiger partial charge in [0.1, 0.15) is 11.5 Å². The Bertz CT molecular complexity index is 1060. The van der Waals surface area contributed by atoms with Crippen LogP contribution in [0.5, 0.6) is 5.75 Å². The number of carbonyl (C=O) groups is 2. The van der Waals surface area contributed by atoms with Gasteiger partial charge in [0, 0.05) is 11.6 Å². The van der Waals surface area contributed by atoms with Gasteiger partial charge in [0.15, 0.2) is 0 Å². The summed E-state index contributed by atoms with van der Waals surface area (Å²) in [4.78, 5) is 28.4. The molecule has 1 amide bonds. The van der Waals surface area contributed by atoms with Gasteiger partial charge in [0.05, 0.1) is 18.2 Å². The van der Waals surface area contributed by atoms with E-state index in [1.807, 2.05) is 30.3 Å². The van der Waals surface area contributed by atoms with Gasteiger partial charge in [-0.05, 0) is 48.4 Å². The van der Waals surface area contributed by atoms with Crippen molar-refractivity contribution >= 4 is 17.4 Å². The van der Waals surface area contributed by atoms with Gasteiger partial charge in [-0.25, -0.2) is 0 Å². The number of rotatable bonds is 7. The highest BCUT2D eigenvalue weighted by Crippen LogP contribution is 2.43. The smallest absolute Gasteiger partial charge is 0.295 e. The fourth-order valence-corrected chi connectivity index (χ4v) is 5.00. The van der Waals surface area contributed by atoms with Crippen molar-refractivity contribution in [2.75, 3.05) is 6.61 Å². The predicted molar refractivity (Wildman–Crippen MR) is 134 cm³/mol. The van der Waals surface area contributed by atoms with Crippen molar-refractivity contribution in [2.24, 2.45) is 5.92 Å². The van der Waals surface area contributed by atoms with Crippen molar-refractivity contribution in [3.8, 4) is 5.75 Å². The number of likely N-dealkylation sites (tertiary alicyclic amines) is 1. The predicted octanol–water partition coefficient (Wildman–Crippen LogP) is 6.04. The molecule has 1 aliphatic heterocycles. The summed E-state index contributed by atoms with van der Waals surface area (Å²) in [7, 11) is 0. The highest BCUT2D eigenvalue weighted by molar-refractivity contribution is 6.46. The molecule has 5 nitrogen and oxygen atoms in total. The van der Waals surface area contributed by atoms with Crippen LogP contribution in [0.25, 0.3) is 5.76 Å². The number of amides is 1. The fourth-order valence-electron chi connectivity index (χ4n) is 5.00. The molecule has 34 heavy (non-hydrogen) atoms. The number of aliphatic hydroxyl groups is 1. The van der Waals surface area contributed by atoms with Gasteiger partial charge in [-0.15, -0.1) is 0 Å². The molecule has 4 rings (SSSR count). The second kappa shape index (κ2) is 10.5. The van der Waals surface area contributed by atoms with Crippen LogP contribution in [-0.4, -0.2) is 34.3 Å². The van der Waals surface area contributed by atoms with E-state index in [0.29, 0.717) is 23.8 Å². The molecule has 1 unspecified atom stereocenters. The summed E-state index contributed by atoms with van der Waals surface area (Å²) in [6, 6.07) is 14.6. The van der Waals surface area contributed by atoms with Crippen LogP contribution < -0.4 is 4.74 Å². The first kappa shape index (κ1) is 24.1. The Morgan fingerprint density at radius 3 is 2.41 bits per heavy atom. The number of ether oxygens (including phenoxy) is 1. The molecule has 1 N–H and O–H groups in total. The normalized spacial score (nSPS) is 20.8. The van der Waals surface area contributed by atoms with Gasteiger partial charge in [0.2, 0.25) is 0 Å². The molecule has 0 bridgehead atoms. The molecular formula is C29H35NO4. The number of carbonyl (C=O) groups excluding carboxylic acids is 2. The van der Waals surface area contributed by atoms with Crippen LogP contribution in [0.4, 0.5) is 0 Å². The lowest BCUT2D eigenvalue weighted by molar-refractivity contribution is -0.141. The maximum Gasteiger partial charge on any atom is 0.295 e. The number of aliphatic hydroxyl groups excluding tert-OH is 1. The van der Waals surface area contributed by atoms with Crippen LogP contribution in [0.1, 0.15) is 75.6 Å². The zero-order valence-corrected chi connectivity index (χ0v) is 20.4. The molecule has 0 radical (unpaired) electrons. The molecule has 1 heterocycles. The van der Waals surface area contributed by atoms with Crippen LogP contribution >= 0.6 is 0 Å². The molecule has 1 saturated carbocycles. The van der Waals surface area contributed by atoms with Crippen molar-refractivity contribution in [1.29, 1.82) is 0 Å². The van der Waals surface area contributed by atoms with Gasteiger partial charge >= 0.3 is 0 Å². The Hall–Kier alpha value is -3.08. The Kier molecular flexibility index (Phi) is 7.40. The summed E-state index contributed by atoms with van der Waals surface area (Å²) in [5, 5.41) is 11.4. The maximum atomic E-state index is 13.3. The van der Waals surface area contributed by atoms with E-state index in [2.05, 4.69) is 20.8 Å². The molecule has 2 aromatic rings. The zero-order chi connectivity index (χ0) is 24.2. The standard InChI is InChI=1S/C29H35NO4/c1-4-20-13-15-21(16-14-20)26-25(28(32)29(33)30(26)23-10-6-5-7-11-23)27(31)22-9-8-12-24(17-22)34-18-19(2)3/h8-9,12-17,19,23,26,31H,4-7,10-11,18H2,1-3H3/b27-25-. The Morgan fingerprint density at radius 1 is 1.06 bits per heavy atom. The van der Waals surface area contributed by atoms with E-state index in [9.17, 15) is 14.7 Å². The van der Waals surface area contributed by atoms with Crippen LogP contribution in [0.15, 0.2) is 54.1 Å².